The summed E-state index contributed by atoms with van der Waals surface area (Å²) in [6.45, 7) is 6.18. The third kappa shape index (κ3) is 4.53. The Bertz CT molecular complexity index is 607. The van der Waals surface area contributed by atoms with Crippen LogP contribution in [0.1, 0.15) is 19.4 Å². The van der Waals surface area contributed by atoms with Crippen LogP contribution in [-0.2, 0) is 21.4 Å². The van der Waals surface area contributed by atoms with Crippen molar-refractivity contribution in [3.8, 4) is 0 Å². The van der Waals surface area contributed by atoms with E-state index in [9.17, 15) is 13.2 Å². The van der Waals surface area contributed by atoms with Crippen molar-refractivity contribution in [2.45, 2.75) is 25.3 Å². The number of rotatable bonds is 7. The Morgan fingerprint density at radius 1 is 1.27 bits per heavy atom. The van der Waals surface area contributed by atoms with Gasteiger partial charge >= 0.3 is 0 Å². The van der Waals surface area contributed by atoms with Crippen LogP contribution in [0.5, 0.6) is 0 Å². The molecule has 0 aliphatic carbocycles. The van der Waals surface area contributed by atoms with Crippen LogP contribution in [0.15, 0.2) is 29.2 Å². The lowest BCUT2D eigenvalue weighted by Crippen LogP contribution is -2.50. The molecule has 3 N–H and O–H groups in total. The summed E-state index contributed by atoms with van der Waals surface area (Å²) < 4.78 is 26.7. The predicted molar refractivity (Wildman–Crippen MR) is 84.7 cm³/mol. The Kier molecular flexibility index (Phi) is 5.55. The number of hydrogen-bond acceptors (Lipinski definition) is 4. The zero-order valence-electron chi connectivity index (χ0n) is 12.9. The predicted octanol–water partition coefficient (Wildman–Crippen LogP) is 0.457. The van der Waals surface area contributed by atoms with Gasteiger partial charge in [0.1, 0.15) is 0 Å². The fourth-order valence-corrected chi connectivity index (χ4v) is 3.17. The number of sulfonamides is 1. The molecule has 1 aromatic carbocycles. The quantitative estimate of drug-likeness (QED) is 0.679. The van der Waals surface area contributed by atoms with Crippen LogP contribution in [0.2, 0.25) is 0 Å². The number of nitrogens with one attached hydrogen (secondary N) is 3. The van der Waals surface area contributed by atoms with Gasteiger partial charge in [0, 0.05) is 26.2 Å². The molecule has 1 aliphatic rings. The van der Waals surface area contributed by atoms with Crippen molar-refractivity contribution < 1.29 is 13.2 Å². The molecule has 1 amide bonds. The van der Waals surface area contributed by atoms with Gasteiger partial charge in [-0.15, -0.1) is 0 Å². The first-order valence-corrected chi connectivity index (χ1v) is 8.94. The standard InChI is InChI=1S/C15H23N3O3S/c1-11(2)7-18-22(20,21)14-5-3-12(4-6-14)8-17-15(19)13-9-16-10-13/h3-6,11,13,16,18H,7-10H2,1-2H3,(H,17,19). The third-order valence-corrected chi connectivity index (χ3v) is 4.97. The maximum absolute atomic E-state index is 12.1. The van der Waals surface area contributed by atoms with E-state index in [1.807, 2.05) is 13.8 Å². The lowest BCUT2D eigenvalue weighted by molar-refractivity contribution is -0.126. The van der Waals surface area contributed by atoms with Gasteiger partial charge in [0.2, 0.25) is 15.9 Å². The summed E-state index contributed by atoms with van der Waals surface area (Å²) in [4.78, 5) is 12.0. The molecule has 6 nitrogen and oxygen atoms in total. The van der Waals surface area contributed by atoms with Crippen LogP contribution in [-0.4, -0.2) is 34.0 Å². The molecule has 1 saturated heterocycles. The van der Waals surface area contributed by atoms with E-state index in [4.69, 9.17) is 0 Å². The topological polar surface area (TPSA) is 87.3 Å². The fourth-order valence-electron chi connectivity index (χ4n) is 1.95. The molecule has 1 fully saturated rings. The smallest absolute Gasteiger partial charge is 0.240 e. The Hall–Kier alpha value is -1.44. The zero-order valence-corrected chi connectivity index (χ0v) is 13.7. The van der Waals surface area contributed by atoms with Crippen molar-refractivity contribution in [3.63, 3.8) is 0 Å². The lowest BCUT2D eigenvalue weighted by atomic mass is 10.0. The van der Waals surface area contributed by atoms with E-state index in [0.717, 1.165) is 18.7 Å². The van der Waals surface area contributed by atoms with E-state index in [1.54, 1.807) is 24.3 Å². The maximum Gasteiger partial charge on any atom is 0.240 e. The van der Waals surface area contributed by atoms with Crippen molar-refractivity contribution in [2.75, 3.05) is 19.6 Å². The first-order chi connectivity index (χ1) is 10.4. The highest BCUT2D eigenvalue weighted by molar-refractivity contribution is 7.89. The second-order valence-corrected chi connectivity index (χ2v) is 7.73. The third-order valence-electron chi connectivity index (χ3n) is 3.53. The number of carbonyl (C=O) groups excluding carboxylic acids is 1. The highest BCUT2D eigenvalue weighted by Gasteiger charge is 2.24. The van der Waals surface area contributed by atoms with Gasteiger partial charge < -0.3 is 10.6 Å². The van der Waals surface area contributed by atoms with Gasteiger partial charge in [0.15, 0.2) is 0 Å². The van der Waals surface area contributed by atoms with Gasteiger partial charge in [-0.25, -0.2) is 13.1 Å². The first-order valence-electron chi connectivity index (χ1n) is 7.45. The van der Waals surface area contributed by atoms with Crippen molar-refractivity contribution in [1.82, 2.24) is 15.4 Å². The molecule has 0 unspecified atom stereocenters. The van der Waals surface area contributed by atoms with Crippen LogP contribution in [0.25, 0.3) is 0 Å². The normalized spacial score (nSPS) is 15.6. The number of amides is 1. The summed E-state index contributed by atoms with van der Waals surface area (Å²) in [7, 11) is -3.46. The van der Waals surface area contributed by atoms with Crippen LogP contribution in [0.4, 0.5) is 0 Å². The first kappa shape index (κ1) is 16.9. The van der Waals surface area contributed by atoms with E-state index >= 15 is 0 Å². The Labute approximate surface area is 131 Å². The highest BCUT2D eigenvalue weighted by Crippen LogP contribution is 2.11. The summed E-state index contributed by atoms with van der Waals surface area (Å²) in [5, 5.41) is 5.90. The minimum absolute atomic E-state index is 0.0362. The molecule has 1 aromatic rings. The zero-order chi connectivity index (χ0) is 16.2. The van der Waals surface area contributed by atoms with Gasteiger partial charge in [-0.1, -0.05) is 26.0 Å². The van der Waals surface area contributed by atoms with Crippen LogP contribution >= 0.6 is 0 Å². The van der Waals surface area contributed by atoms with Crippen LogP contribution in [0, 0.1) is 11.8 Å². The van der Waals surface area contributed by atoms with E-state index in [-0.39, 0.29) is 22.6 Å². The lowest BCUT2D eigenvalue weighted by Gasteiger charge is -2.25. The molecule has 0 atom stereocenters. The average Bonchev–Trinajstić information content (AvgIpc) is 2.42. The highest BCUT2D eigenvalue weighted by atomic mass is 32.2. The molecular formula is C15H23N3O3S. The Morgan fingerprint density at radius 2 is 1.91 bits per heavy atom. The molecule has 0 aromatic heterocycles. The summed E-state index contributed by atoms with van der Waals surface area (Å²) in [6.07, 6.45) is 0. The monoisotopic (exact) mass is 325 g/mol. The van der Waals surface area contributed by atoms with Crippen LogP contribution < -0.4 is 15.4 Å². The summed E-state index contributed by atoms with van der Waals surface area (Å²) in [5.74, 6) is 0.346. The van der Waals surface area contributed by atoms with Gasteiger partial charge in [-0.3, -0.25) is 4.79 Å². The Morgan fingerprint density at radius 3 is 2.41 bits per heavy atom. The summed E-state index contributed by atoms with van der Waals surface area (Å²) in [5.41, 5.74) is 0.878. The van der Waals surface area contributed by atoms with Gasteiger partial charge in [-0.05, 0) is 23.6 Å². The minimum atomic E-state index is -3.46. The van der Waals surface area contributed by atoms with Crippen molar-refractivity contribution in [2.24, 2.45) is 11.8 Å². The number of carbonyl (C=O) groups is 1. The van der Waals surface area contributed by atoms with Gasteiger partial charge in [0.25, 0.3) is 0 Å². The minimum Gasteiger partial charge on any atom is -0.352 e. The molecule has 1 heterocycles. The van der Waals surface area contributed by atoms with E-state index in [1.165, 1.54) is 0 Å². The Balaban J connectivity index is 1.90. The summed E-state index contributed by atoms with van der Waals surface area (Å²) in [6, 6.07) is 6.58. The number of benzene rings is 1. The van der Waals surface area contributed by atoms with E-state index < -0.39 is 10.0 Å². The largest absolute Gasteiger partial charge is 0.352 e. The van der Waals surface area contributed by atoms with Crippen molar-refractivity contribution in [1.29, 1.82) is 0 Å². The average molecular weight is 325 g/mol. The van der Waals surface area contributed by atoms with Crippen molar-refractivity contribution >= 4 is 15.9 Å². The number of hydrogen-bond donors (Lipinski definition) is 3. The SMILES string of the molecule is CC(C)CNS(=O)(=O)c1ccc(CNC(=O)C2CNC2)cc1. The molecule has 7 heteroatoms. The maximum atomic E-state index is 12.1. The second-order valence-electron chi connectivity index (χ2n) is 5.96. The van der Waals surface area contributed by atoms with E-state index in [2.05, 4.69) is 15.4 Å². The van der Waals surface area contributed by atoms with Crippen molar-refractivity contribution in [3.05, 3.63) is 29.8 Å². The molecule has 0 bridgehead atoms. The molecule has 122 valence electrons. The van der Waals surface area contributed by atoms with Gasteiger partial charge in [-0.2, -0.15) is 0 Å². The molecule has 0 saturated carbocycles. The van der Waals surface area contributed by atoms with Crippen LogP contribution in [0.3, 0.4) is 0 Å². The fraction of sp³-hybridized carbons (Fsp3) is 0.533. The van der Waals surface area contributed by atoms with Gasteiger partial charge in [0.05, 0.1) is 10.8 Å². The molecule has 1 aliphatic heterocycles. The molecule has 22 heavy (non-hydrogen) atoms. The summed E-state index contributed by atoms with van der Waals surface area (Å²) >= 11 is 0. The molecule has 0 spiro atoms. The second kappa shape index (κ2) is 7.21. The molecule has 0 radical (unpaired) electrons. The van der Waals surface area contributed by atoms with E-state index in [0.29, 0.717) is 13.1 Å². The molecular weight excluding hydrogens is 302 g/mol. The molecule has 2 rings (SSSR count).